The Labute approximate surface area is 87.2 Å². The van der Waals surface area contributed by atoms with Crippen LogP contribution in [0.1, 0.15) is 0 Å². The zero-order chi connectivity index (χ0) is 10.7. The van der Waals surface area contributed by atoms with Crippen molar-refractivity contribution in [2.45, 2.75) is 39.3 Å². The summed E-state index contributed by atoms with van der Waals surface area (Å²) < 4.78 is 5.33. The molecule has 0 radical (unpaired) electrons. The summed E-state index contributed by atoms with van der Waals surface area (Å²) in [6.07, 6.45) is 0. The van der Waals surface area contributed by atoms with Crippen LogP contribution in [0, 0.1) is 0 Å². The van der Waals surface area contributed by atoms with E-state index in [0.29, 0.717) is 5.75 Å². The van der Waals surface area contributed by atoms with Gasteiger partial charge < -0.3 is 4.43 Å². The minimum atomic E-state index is -1.66. The van der Waals surface area contributed by atoms with Crippen LogP contribution in [0.3, 0.4) is 0 Å². The van der Waals surface area contributed by atoms with E-state index in [4.69, 9.17) is 4.43 Å². The monoisotopic (exact) mass is 236 g/mol. The Hall–Kier alpha value is 0.254. The SMILES string of the molecule is C[Si](C)(C)OC(=O)CS[Si](C)(C)C. The number of carbonyl (C=O) groups excluding carboxylic acids is 1. The summed E-state index contributed by atoms with van der Waals surface area (Å²) >= 11 is 1.77. The van der Waals surface area contributed by atoms with Crippen molar-refractivity contribution in [3.63, 3.8) is 0 Å². The highest BCUT2D eigenvalue weighted by molar-refractivity contribution is 8.29. The Bertz CT molecular complexity index is 182. The molecule has 0 heterocycles. The van der Waals surface area contributed by atoms with Gasteiger partial charge in [0.25, 0.3) is 0 Å². The highest BCUT2D eigenvalue weighted by Gasteiger charge is 2.22. The summed E-state index contributed by atoms with van der Waals surface area (Å²) in [4.78, 5) is 11.3. The Morgan fingerprint density at radius 2 is 1.62 bits per heavy atom. The lowest BCUT2D eigenvalue weighted by Crippen LogP contribution is -2.31. The molecule has 0 spiro atoms. The third-order valence-corrected chi connectivity index (χ3v) is 6.16. The molecule has 0 aliphatic carbocycles. The molecule has 0 unspecified atom stereocenters. The highest BCUT2D eigenvalue weighted by Crippen LogP contribution is 2.19. The minimum absolute atomic E-state index is 0.0356. The maximum atomic E-state index is 11.3. The van der Waals surface area contributed by atoms with Gasteiger partial charge in [0.15, 0.2) is 0 Å². The molecule has 0 fully saturated rings. The average Bonchev–Trinajstić information content (AvgIpc) is 1.78. The second-order valence-corrected chi connectivity index (χ2v) is 18.8. The lowest BCUT2D eigenvalue weighted by molar-refractivity contribution is -0.132. The summed E-state index contributed by atoms with van der Waals surface area (Å²) in [5.74, 6) is 0.492. The molecule has 0 aliphatic rings. The molecule has 0 saturated carbocycles. The van der Waals surface area contributed by atoms with Crippen molar-refractivity contribution < 1.29 is 9.22 Å². The van der Waals surface area contributed by atoms with E-state index in [-0.39, 0.29) is 5.97 Å². The summed E-state index contributed by atoms with van der Waals surface area (Å²) in [5, 5.41) is 0. The van der Waals surface area contributed by atoms with Gasteiger partial charge in [0.1, 0.15) is 7.22 Å². The highest BCUT2D eigenvalue weighted by atomic mass is 32.4. The zero-order valence-corrected chi connectivity index (χ0v) is 12.2. The molecule has 0 aromatic carbocycles. The van der Waals surface area contributed by atoms with E-state index in [1.807, 2.05) is 19.6 Å². The first-order valence-corrected chi connectivity index (χ1v) is 13.1. The predicted molar refractivity (Wildman–Crippen MR) is 65.2 cm³/mol. The van der Waals surface area contributed by atoms with Crippen LogP contribution in [-0.4, -0.2) is 27.3 Å². The van der Waals surface area contributed by atoms with Crippen LogP contribution < -0.4 is 0 Å². The Balaban J connectivity index is 3.78. The number of rotatable bonds is 4. The van der Waals surface area contributed by atoms with Gasteiger partial charge in [-0.3, -0.25) is 4.79 Å². The molecule has 0 rings (SSSR count). The fourth-order valence-electron chi connectivity index (χ4n) is 0.646. The van der Waals surface area contributed by atoms with Crippen molar-refractivity contribution in [1.29, 1.82) is 0 Å². The first-order chi connectivity index (χ1) is 5.60. The van der Waals surface area contributed by atoms with Gasteiger partial charge >= 0.3 is 5.97 Å². The van der Waals surface area contributed by atoms with Crippen LogP contribution in [0.4, 0.5) is 0 Å². The molecular formula is C8H20O2SSi2. The van der Waals surface area contributed by atoms with Crippen LogP contribution in [-0.2, 0) is 9.22 Å². The van der Waals surface area contributed by atoms with E-state index in [1.165, 1.54) is 0 Å². The average molecular weight is 236 g/mol. The molecule has 5 heteroatoms. The maximum Gasteiger partial charge on any atom is 0.302 e. The lowest BCUT2D eigenvalue weighted by atomic mass is 10.8. The van der Waals surface area contributed by atoms with Crippen molar-refractivity contribution in [2.75, 3.05) is 5.75 Å². The van der Waals surface area contributed by atoms with E-state index in [9.17, 15) is 4.79 Å². The van der Waals surface area contributed by atoms with E-state index < -0.39 is 15.5 Å². The zero-order valence-electron chi connectivity index (χ0n) is 9.43. The third kappa shape index (κ3) is 10.2. The van der Waals surface area contributed by atoms with Crippen molar-refractivity contribution in [2.24, 2.45) is 0 Å². The summed E-state index contributed by atoms with van der Waals surface area (Å²) in [6, 6.07) is 0. The molecule has 0 atom stereocenters. The molecular weight excluding hydrogens is 216 g/mol. The number of hydrogen-bond acceptors (Lipinski definition) is 3. The Kier molecular flexibility index (Phi) is 4.75. The smallest absolute Gasteiger partial charge is 0.302 e. The molecule has 0 aromatic rings. The normalized spacial score (nSPS) is 12.8. The predicted octanol–water partition coefficient (Wildman–Crippen LogP) is 2.93. The largest absolute Gasteiger partial charge is 0.519 e. The van der Waals surface area contributed by atoms with Crippen LogP contribution in [0.2, 0.25) is 39.3 Å². The van der Waals surface area contributed by atoms with Gasteiger partial charge in [-0.25, -0.2) is 0 Å². The Morgan fingerprint density at radius 1 is 1.15 bits per heavy atom. The topological polar surface area (TPSA) is 26.3 Å². The molecule has 0 aliphatic heterocycles. The fraction of sp³-hybridized carbons (Fsp3) is 0.875. The number of hydrogen-bond donors (Lipinski definition) is 0. The van der Waals surface area contributed by atoms with Gasteiger partial charge in [-0.2, -0.15) is 11.2 Å². The standard InChI is InChI=1S/C8H20O2SSi2/c1-12(2,3)10-8(9)7-11-13(4,5)6/h7H2,1-6H3. The van der Waals surface area contributed by atoms with Crippen molar-refractivity contribution in [1.82, 2.24) is 0 Å². The molecule has 13 heavy (non-hydrogen) atoms. The van der Waals surface area contributed by atoms with Crippen LogP contribution >= 0.6 is 11.2 Å². The first-order valence-electron chi connectivity index (χ1n) is 4.46. The molecule has 0 amide bonds. The molecule has 78 valence electrons. The van der Waals surface area contributed by atoms with Gasteiger partial charge in [-0.05, 0) is 19.6 Å². The van der Waals surface area contributed by atoms with E-state index in [2.05, 4.69) is 19.6 Å². The second kappa shape index (κ2) is 4.66. The number of carbonyl (C=O) groups is 1. The van der Waals surface area contributed by atoms with Crippen LogP contribution in [0.15, 0.2) is 0 Å². The van der Waals surface area contributed by atoms with Crippen molar-refractivity contribution in [3.8, 4) is 0 Å². The van der Waals surface area contributed by atoms with Crippen LogP contribution in [0.5, 0.6) is 0 Å². The van der Waals surface area contributed by atoms with Gasteiger partial charge in [0.2, 0.25) is 8.32 Å². The van der Waals surface area contributed by atoms with Crippen molar-refractivity contribution in [3.05, 3.63) is 0 Å². The third-order valence-electron chi connectivity index (χ3n) is 1.04. The van der Waals surface area contributed by atoms with Gasteiger partial charge in [-0.15, -0.1) is 0 Å². The minimum Gasteiger partial charge on any atom is -0.519 e. The molecule has 0 N–H and O–H groups in total. The summed E-state index contributed by atoms with van der Waals surface area (Å²) in [6.45, 7) is 12.8. The van der Waals surface area contributed by atoms with Crippen molar-refractivity contribution >= 4 is 32.7 Å². The summed E-state index contributed by atoms with van der Waals surface area (Å²) in [7, 11) is -2.83. The van der Waals surface area contributed by atoms with E-state index in [1.54, 1.807) is 11.2 Å². The quantitative estimate of drug-likeness (QED) is 0.702. The maximum absolute atomic E-state index is 11.3. The summed E-state index contributed by atoms with van der Waals surface area (Å²) in [5.41, 5.74) is 0. The fourth-order valence-corrected chi connectivity index (χ4v) is 3.77. The van der Waals surface area contributed by atoms with Crippen LogP contribution in [0.25, 0.3) is 0 Å². The first kappa shape index (κ1) is 13.3. The Morgan fingerprint density at radius 3 is 1.92 bits per heavy atom. The van der Waals surface area contributed by atoms with E-state index >= 15 is 0 Å². The van der Waals surface area contributed by atoms with Gasteiger partial charge in [-0.1, -0.05) is 19.6 Å². The lowest BCUT2D eigenvalue weighted by Gasteiger charge is -2.19. The van der Waals surface area contributed by atoms with Gasteiger partial charge in [0, 0.05) is 0 Å². The molecule has 0 bridgehead atoms. The molecule has 0 saturated heterocycles. The van der Waals surface area contributed by atoms with Gasteiger partial charge in [0.05, 0.1) is 5.75 Å². The molecule has 2 nitrogen and oxygen atoms in total. The van der Waals surface area contributed by atoms with E-state index in [0.717, 1.165) is 0 Å². The second-order valence-electron chi connectivity index (χ2n) is 4.99. The molecule has 0 aromatic heterocycles.